The van der Waals surface area contributed by atoms with E-state index in [4.69, 9.17) is 25.0 Å². The number of carbonyl (C=O) groups excluding carboxylic acids is 4. The molecule has 8 atom stereocenters. The zero-order valence-corrected chi connectivity index (χ0v) is 38.2. The summed E-state index contributed by atoms with van der Waals surface area (Å²) in [6.07, 6.45) is -3.49. The van der Waals surface area contributed by atoms with E-state index in [0.29, 0.717) is 24.3 Å². The molecule has 2 heterocycles. The first-order valence-electron chi connectivity index (χ1n) is 18.7. The van der Waals surface area contributed by atoms with E-state index in [1.54, 1.807) is 0 Å². The lowest BCUT2D eigenvalue weighted by atomic mass is 9.92. The number of carboxylic acids is 2. The number of esters is 1. The second-order valence-electron chi connectivity index (χ2n) is 13.4. The third-order valence-electron chi connectivity index (χ3n) is 8.28. The van der Waals surface area contributed by atoms with E-state index in [-0.39, 0.29) is 43.7 Å². The molecule has 1 aromatic rings. The number of aliphatic hydroxyl groups is 1. The molecule has 0 bridgehead atoms. The maximum Gasteiger partial charge on any atom is 0.490 e. The number of ketones is 1. The lowest BCUT2D eigenvalue weighted by Crippen LogP contribution is -2.46. The van der Waals surface area contributed by atoms with Crippen molar-refractivity contribution in [3.05, 3.63) is 22.2 Å². The Morgan fingerprint density at radius 3 is 2.25 bits per heavy atom. The van der Waals surface area contributed by atoms with Crippen molar-refractivity contribution in [1.29, 1.82) is 0 Å². The third-order valence-corrected chi connectivity index (χ3v) is 14.7. The summed E-state index contributed by atoms with van der Waals surface area (Å²) >= 11 is 0. The van der Waals surface area contributed by atoms with Crippen molar-refractivity contribution < 1.29 is 100.0 Å². The summed E-state index contributed by atoms with van der Waals surface area (Å²) in [6, 6.07) is -2.27. The highest BCUT2D eigenvalue weighted by atomic mass is 33.1. The van der Waals surface area contributed by atoms with Crippen molar-refractivity contribution >= 4 is 86.4 Å². The monoisotopic (exact) mass is 1010 g/mol. The number of rotatable bonds is 28. The van der Waals surface area contributed by atoms with Gasteiger partial charge in [0.25, 0.3) is 0 Å². The lowest BCUT2D eigenvalue weighted by molar-refractivity contribution is -0.145. The Hall–Kier alpha value is -3.71. The van der Waals surface area contributed by atoms with Crippen LogP contribution >= 0.6 is 45.1 Å². The number of carboxylic acid groups (broad SMARTS) is 2. The van der Waals surface area contributed by atoms with Gasteiger partial charge in [0.1, 0.15) is 24.2 Å². The van der Waals surface area contributed by atoms with Crippen LogP contribution in [0.15, 0.2) is 11.0 Å². The zero-order chi connectivity index (χ0) is 48.4. The number of phosphoric acid groups is 3. The normalized spacial score (nSPS) is 19.4. The molecule has 11 N–H and O–H groups in total. The minimum Gasteiger partial charge on any atom is -0.481 e. The number of aliphatic hydroxyl groups excluding tert-OH is 1. The molecule has 1 fully saturated rings. The highest BCUT2D eigenvalue weighted by molar-refractivity contribution is 8.76. The number of nitrogens with two attached hydrogens (primary N) is 1. The average molecular weight is 1010 g/mol. The summed E-state index contributed by atoms with van der Waals surface area (Å²) in [5.41, 5.74) is 4.84. The average Bonchev–Trinajstić information content (AvgIpc) is 3.53. The second-order valence-corrected chi connectivity index (χ2v) is 20.5. The van der Waals surface area contributed by atoms with Crippen molar-refractivity contribution in [1.82, 2.24) is 20.2 Å². The van der Waals surface area contributed by atoms with Gasteiger partial charge in [-0.05, 0) is 25.7 Å². The first-order valence-corrected chi connectivity index (χ1v) is 25.7. The fourth-order valence-corrected chi connectivity index (χ4v) is 10.6. The number of hydrogen-bond donors (Lipinski definition) is 10. The van der Waals surface area contributed by atoms with Gasteiger partial charge in [0, 0.05) is 43.9 Å². The number of aliphatic carboxylic acids is 2. The third kappa shape index (κ3) is 21.5. The van der Waals surface area contributed by atoms with Gasteiger partial charge in [0.2, 0.25) is 11.8 Å². The molecule has 2 amide bonds. The number of carbonyl (C=O) groups is 6. The molecule has 8 unspecified atom stereocenters. The molecule has 0 aliphatic carbocycles. The van der Waals surface area contributed by atoms with E-state index in [2.05, 4.69) is 40.6 Å². The molecule has 32 heteroatoms. The molecule has 1 aromatic heterocycles. The van der Waals surface area contributed by atoms with Crippen molar-refractivity contribution in [2.24, 2.45) is 5.92 Å². The molecule has 64 heavy (non-hydrogen) atoms. The highest BCUT2D eigenvalue weighted by Crippen LogP contribution is 2.66. The van der Waals surface area contributed by atoms with Crippen LogP contribution in [0.1, 0.15) is 77.0 Å². The lowest BCUT2D eigenvalue weighted by Gasteiger charge is -2.21. The zero-order valence-electron chi connectivity index (χ0n) is 33.9. The van der Waals surface area contributed by atoms with Crippen molar-refractivity contribution in [2.45, 2.75) is 95.7 Å². The van der Waals surface area contributed by atoms with Crippen molar-refractivity contribution in [2.75, 3.05) is 30.5 Å². The number of hydrogen-bond acceptors (Lipinski definition) is 20. The van der Waals surface area contributed by atoms with Gasteiger partial charge in [-0.1, -0.05) is 40.4 Å². The molecule has 2 rings (SSSR count). The number of aromatic nitrogens is 2. The summed E-state index contributed by atoms with van der Waals surface area (Å²) in [6.45, 7) is 1.35. The summed E-state index contributed by atoms with van der Waals surface area (Å²) in [7, 11) is -14.1. The number of Topliss-reactive ketones (excluding diaryl/α,β-unsaturated/α-hetero) is 1. The van der Waals surface area contributed by atoms with Gasteiger partial charge < -0.3 is 60.7 Å². The van der Waals surface area contributed by atoms with E-state index in [1.165, 1.54) is 35.4 Å². The summed E-state index contributed by atoms with van der Waals surface area (Å²) in [5, 5.41) is 33.6. The van der Waals surface area contributed by atoms with Crippen LogP contribution in [-0.4, -0.2) is 129 Å². The summed E-state index contributed by atoms with van der Waals surface area (Å²) < 4.78 is 57.5. The molecule has 0 spiro atoms. The first kappa shape index (κ1) is 56.4. The minimum absolute atomic E-state index is 0.0143. The molecule has 0 saturated carbocycles. The molecule has 0 radical (unpaired) electrons. The van der Waals surface area contributed by atoms with Crippen LogP contribution < -0.4 is 22.1 Å². The van der Waals surface area contributed by atoms with Crippen molar-refractivity contribution in [3.8, 4) is 11.8 Å². The maximum atomic E-state index is 13.1. The second kappa shape index (κ2) is 26.4. The fourth-order valence-electron chi connectivity index (χ4n) is 5.39. The Balaban J connectivity index is 1.80. The number of nitrogens with one attached hydrogen (secondary N) is 2. The largest absolute Gasteiger partial charge is 0.490 e. The molecule has 27 nitrogen and oxygen atoms in total. The highest BCUT2D eigenvalue weighted by Gasteiger charge is 2.43. The van der Waals surface area contributed by atoms with Crippen LogP contribution in [0.5, 0.6) is 0 Å². The van der Waals surface area contributed by atoms with Gasteiger partial charge in [0.05, 0.1) is 36.7 Å². The van der Waals surface area contributed by atoms with Gasteiger partial charge in [-0.3, -0.25) is 33.1 Å². The molecule has 0 aromatic carbocycles. The Labute approximate surface area is 371 Å². The molecular weight excluding hydrogens is 963 g/mol. The van der Waals surface area contributed by atoms with E-state index in [9.17, 15) is 72.4 Å². The number of nitrogens with zero attached hydrogens (tertiary/aromatic N) is 2. The van der Waals surface area contributed by atoms with Gasteiger partial charge in [-0.25, -0.2) is 23.3 Å². The Bertz CT molecular complexity index is 2110. The van der Waals surface area contributed by atoms with E-state index in [1.807, 2.05) is 0 Å². The summed E-state index contributed by atoms with van der Waals surface area (Å²) in [4.78, 5) is 125. The SMILES string of the molecule is CCC(NC(=O)C(CC(=O)O)CC(=O)C(CCCSSCCCC(=O)OCC#Cc1cn(C2CC(O)C(COP(=O)(O)OP(=O)(O)OP(=O)(O)O)O2)c(=O)nc1N)NC(C)=O)C(=O)O. The number of amides is 2. The molecule has 1 saturated heterocycles. The van der Waals surface area contributed by atoms with Gasteiger partial charge in [-0.2, -0.15) is 13.6 Å². The maximum absolute atomic E-state index is 13.1. The van der Waals surface area contributed by atoms with Crippen LogP contribution in [0.2, 0.25) is 0 Å². The van der Waals surface area contributed by atoms with Crippen LogP contribution in [0.3, 0.4) is 0 Å². The molecular formula is C32H48N5O22P3S2. The van der Waals surface area contributed by atoms with Gasteiger partial charge in [-0.15, -0.1) is 0 Å². The smallest absolute Gasteiger partial charge is 0.481 e. The Morgan fingerprint density at radius 2 is 1.66 bits per heavy atom. The van der Waals surface area contributed by atoms with Crippen LogP contribution in [0, 0.1) is 17.8 Å². The van der Waals surface area contributed by atoms with Gasteiger partial charge in [0.15, 0.2) is 12.4 Å². The molecule has 1 aliphatic rings. The van der Waals surface area contributed by atoms with Crippen LogP contribution in [0.25, 0.3) is 0 Å². The van der Waals surface area contributed by atoms with Crippen LogP contribution in [0.4, 0.5) is 5.82 Å². The van der Waals surface area contributed by atoms with E-state index >= 15 is 0 Å². The van der Waals surface area contributed by atoms with Crippen molar-refractivity contribution in [3.63, 3.8) is 0 Å². The minimum atomic E-state index is -5.79. The predicted molar refractivity (Wildman–Crippen MR) is 221 cm³/mol. The van der Waals surface area contributed by atoms with E-state index < -0.39 is 121 Å². The molecule has 360 valence electrons. The number of ether oxygens (including phenoxy) is 2. The Morgan fingerprint density at radius 1 is 1.00 bits per heavy atom. The number of anilines is 1. The standard InChI is InChI=1S/C32H48N5O22P3S2/c1-3-21(31(45)46)35-30(44)20(14-27(41)42)13-23(39)22(34-18(2)38)8-5-11-63-64-12-6-9-28(43)55-10-4-7-19-16-37(32(47)36-29(19)33)26-15-24(40)25(57-26)17-56-61(51,52)59-62(53,54)58-60(48,49)50/h16,20-22,24-26,40H,3,5-6,8-15,17H2,1-2H3,(H,34,38)(H,35,44)(H,41,42)(H,45,46)(H,51,52)(H,53,54)(H2,33,36,47)(H2,48,49,50). The number of phosphoric ester groups is 1. The quantitative estimate of drug-likeness (QED) is 0.0176. The fraction of sp³-hybridized carbons (Fsp3) is 0.625. The molecule has 1 aliphatic heterocycles. The van der Waals surface area contributed by atoms with Gasteiger partial charge >= 0.3 is 47.1 Å². The van der Waals surface area contributed by atoms with Crippen LogP contribution in [-0.2, 0) is 65.1 Å². The topological polar surface area (TPSA) is 426 Å². The first-order chi connectivity index (χ1) is 29.7. The Kier molecular flexibility index (Phi) is 23.3. The number of nitrogen functional groups attached to an aromatic ring is 1. The van der Waals surface area contributed by atoms with E-state index in [0.717, 1.165) is 10.8 Å². The predicted octanol–water partition coefficient (Wildman–Crippen LogP) is 0.188. The summed E-state index contributed by atoms with van der Waals surface area (Å²) in [5.74, 6) is -0.722.